The van der Waals surface area contributed by atoms with Gasteiger partial charge < -0.3 is 10.3 Å². The van der Waals surface area contributed by atoms with Crippen molar-refractivity contribution in [3.8, 4) is 17.0 Å². The van der Waals surface area contributed by atoms with Crippen LogP contribution in [0.4, 0.5) is 5.69 Å². The molecule has 1 aromatic carbocycles. The van der Waals surface area contributed by atoms with Crippen molar-refractivity contribution in [2.75, 3.05) is 5.73 Å². The number of rotatable bonds is 2. The molecule has 0 aliphatic carbocycles. The number of hydrogen-bond acceptors (Lipinski definition) is 4. The van der Waals surface area contributed by atoms with Gasteiger partial charge in [-0.25, -0.2) is 4.68 Å². The van der Waals surface area contributed by atoms with Crippen LogP contribution >= 0.6 is 0 Å². The van der Waals surface area contributed by atoms with Gasteiger partial charge in [0.25, 0.3) is 0 Å². The normalized spacial score (nSPS) is 10.6. The minimum Gasteiger partial charge on any atom is -0.394 e. The Morgan fingerprint density at radius 2 is 1.94 bits per heavy atom. The highest BCUT2D eigenvalue weighted by molar-refractivity contribution is 5.68. The molecule has 0 fully saturated rings. The van der Waals surface area contributed by atoms with Crippen molar-refractivity contribution in [3.63, 3.8) is 0 Å². The third-order valence-corrected chi connectivity index (χ3v) is 2.46. The number of para-hydroxylation sites is 1. The Balaban J connectivity index is 2.02. The predicted octanol–water partition coefficient (Wildman–Crippen LogP) is 2.11. The molecule has 5 heteroatoms. The zero-order valence-corrected chi connectivity index (χ0v) is 8.95. The first-order chi connectivity index (χ1) is 8.34. The van der Waals surface area contributed by atoms with Gasteiger partial charge in [0.05, 0.1) is 23.6 Å². The number of anilines is 1. The maximum absolute atomic E-state index is 5.73. The minimum atomic E-state index is 0.512. The molecule has 5 nitrogen and oxygen atoms in total. The SMILES string of the molecule is Nc1cnoc1-c1cnn(-c2ccccc2)c1. The summed E-state index contributed by atoms with van der Waals surface area (Å²) in [6, 6.07) is 9.82. The van der Waals surface area contributed by atoms with E-state index in [-0.39, 0.29) is 0 Å². The quantitative estimate of drug-likeness (QED) is 0.726. The molecular formula is C12H10N4O. The van der Waals surface area contributed by atoms with Gasteiger partial charge in [-0.05, 0) is 12.1 Å². The van der Waals surface area contributed by atoms with Crippen molar-refractivity contribution in [2.45, 2.75) is 0 Å². The molecule has 0 saturated heterocycles. The lowest BCUT2D eigenvalue weighted by Gasteiger charge is -1.98. The van der Waals surface area contributed by atoms with Crippen molar-refractivity contribution < 1.29 is 4.52 Å². The predicted molar refractivity (Wildman–Crippen MR) is 63.5 cm³/mol. The highest BCUT2D eigenvalue weighted by atomic mass is 16.5. The van der Waals surface area contributed by atoms with E-state index in [4.69, 9.17) is 10.3 Å². The van der Waals surface area contributed by atoms with Crippen molar-refractivity contribution in [3.05, 3.63) is 48.9 Å². The fourth-order valence-corrected chi connectivity index (χ4v) is 1.63. The van der Waals surface area contributed by atoms with Crippen molar-refractivity contribution in [1.82, 2.24) is 14.9 Å². The van der Waals surface area contributed by atoms with E-state index in [2.05, 4.69) is 10.3 Å². The van der Waals surface area contributed by atoms with E-state index in [0.717, 1.165) is 11.3 Å². The van der Waals surface area contributed by atoms with E-state index in [1.54, 1.807) is 10.9 Å². The lowest BCUT2D eigenvalue weighted by atomic mass is 10.2. The fourth-order valence-electron chi connectivity index (χ4n) is 1.63. The number of benzene rings is 1. The summed E-state index contributed by atoms with van der Waals surface area (Å²) in [5.74, 6) is 0.548. The van der Waals surface area contributed by atoms with Crippen LogP contribution in [0.2, 0.25) is 0 Å². The van der Waals surface area contributed by atoms with Crippen LogP contribution in [0.15, 0.2) is 53.4 Å². The highest BCUT2D eigenvalue weighted by Gasteiger charge is 2.10. The Morgan fingerprint density at radius 3 is 2.65 bits per heavy atom. The molecule has 2 aromatic heterocycles. The number of nitrogens with zero attached hydrogens (tertiary/aromatic N) is 3. The van der Waals surface area contributed by atoms with Crippen LogP contribution < -0.4 is 5.73 Å². The monoisotopic (exact) mass is 226 g/mol. The van der Waals surface area contributed by atoms with Crippen molar-refractivity contribution in [1.29, 1.82) is 0 Å². The molecular weight excluding hydrogens is 216 g/mol. The topological polar surface area (TPSA) is 69.9 Å². The van der Waals surface area contributed by atoms with Gasteiger partial charge >= 0.3 is 0 Å². The van der Waals surface area contributed by atoms with Crippen LogP contribution in [0.25, 0.3) is 17.0 Å². The molecule has 0 spiro atoms. The molecule has 0 bridgehead atoms. The van der Waals surface area contributed by atoms with Gasteiger partial charge in [0.15, 0.2) is 5.76 Å². The van der Waals surface area contributed by atoms with E-state index < -0.39 is 0 Å². The van der Waals surface area contributed by atoms with Crippen LogP contribution in [0.3, 0.4) is 0 Å². The Morgan fingerprint density at radius 1 is 1.12 bits per heavy atom. The lowest BCUT2D eigenvalue weighted by Crippen LogP contribution is -1.92. The summed E-state index contributed by atoms with van der Waals surface area (Å²) in [6.07, 6.45) is 5.03. The second-order valence-corrected chi connectivity index (χ2v) is 3.62. The molecule has 84 valence electrons. The third-order valence-electron chi connectivity index (χ3n) is 2.46. The van der Waals surface area contributed by atoms with Crippen LogP contribution in [0.1, 0.15) is 0 Å². The van der Waals surface area contributed by atoms with E-state index in [9.17, 15) is 0 Å². The zero-order valence-electron chi connectivity index (χ0n) is 8.95. The van der Waals surface area contributed by atoms with Crippen LogP contribution in [-0.4, -0.2) is 14.9 Å². The summed E-state index contributed by atoms with van der Waals surface area (Å²) in [6.45, 7) is 0. The van der Waals surface area contributed by atoms with Gasteiger partial charge in [-0.15, -0.1) is 0 Å². The summed E-state index contributed by atoms with van der Waals surface area (Å²) in [5.41, 5.74) is 8.03. The number of nitrogens with two attached hydrogens (primary N) is 1. The molecule has 0 atom stereocenters. The van der Waals surface area contributed by atoms with Gasteiger partial charge in [-0.2, -0.15) is 5.10 Å². The smallest absolute Gasteiger partial charge is 0.192 e. The number of aromatic nitrogens is 3. The molecule has 0 saturated carbocycles. The lowest BCUT2D eigenvalue weighted by molar-refractivity contribution is 0.432. The van der Waals surface area contributed by atoms with Crippen LogP contribution in [0.5, 0.6) is 0 Å². The summed E-state index contributed by atoms with van der Waals surface area (Å²) in [5, 5.41) is 7.90. The van der Waals surface area contributed by atoms with Gasteiger partial charge in [0.2, 0.25) is 0 Å². The first-order valence-corrected chi connectivity index (χ1v) is 5.15. The summed E-state index contributed by atoms with van der Waals surface area (Å²) < 4.78 is 6.83. The number of hydrogen-bond donors (Lipinski definition) is 1. The maximum atomic E-state index is 5.73. The van der Waals surface area contributed by atoms with Gasteiger partial charge in [-0.3, -0.25) is 0 Å². The van der Waals surface area contributed by atoms with Crippen LogP contribution in [0, 0.1) is 0 Å². The Bertz CT molecular complexity index is 627. The zero-order chi connectivity index (χ0) is 11.7. The maximum Gasteiger partial charge on any atom is 0.192 e. The Hall–Kier alpha value is -2.56. The van der Waals surface area contributed by atoms with E-state index in [1.807, 2.05) is 36.5 Å². The van der Waals surface area contributed by atoms with Gasteiger partial charge in [0, 0.05) is 6.20 Å². The molecule has 17 heavy (non-hydrogen) atoms. The average Bonchev–Trinajstić information content (AvgIpc) is 2.98. The molecule has 0 radical (unpaired) electrons. The van der Waals surface area contributed by atoms with Crippen molar-refractivity contribution in [2.24, 2.45) is 0 Å². The first-order valence-electron chi connectivity index (χ1n) is 5.15. The molecule has 3 rings (SSSR count). The molecule has 2 heterocycles. The minimum absolute atomic E-state index is 0.512. The Kier molecular flexibility index (Phi) is 2.15. The Labute approximate surface area is 97.5 Å². The number of nitrogen functional groups attached to an aromatic ring is 1. The van der Waals surface area contributed by atoms with E-state index in [1.165, 1.54) is 6.20 Å². The molecule has 0 amide bonds. The van der Waals surface area contributed by atoms with Gasteiger partial charge in [-0.1, -0.05) is 23.4 Å². The molecule has 3 aromatic rings. The molecule has 0 aliphatic rings. The molecule has 0 aliphatic heterocycles. The third kappa shape index (κ3) is 1.67. The van der Waals surface area contributed by atoms with Gasteiger partial charge in [0.1, 0.15) is 5.69 Å². The largest absolute Gasteiger partial charge is 0.394 e. The van der Waals surface area contributed by atoms with Crippen molar-refractivity contribution >= 4 is 5.69 Å². The fraction of sp³-hybridized carbons (Fsp3) is 0. The average molecular weight is 226 g/mol. The van der Waals surface area contributed by atoms with Crippen LogP contribution in [-0.2, 0) is 0 Å². The molecule has 0 unspecified atom stereocenters. The van der Waals surface area contributed by atoms with E-state index >= 15 is 0 Å². The second-order valence-electron chi connectivity index (χ2n) is 3.62. The molecule has 2 N–H and O–H groups in total. The standard InChI is InChI=1S/C12H10N4O/c13-11-7-15-17-12(11)9-6-14-16(8-9)10-4-2-1-3-5-10/h1-8H,13H2. The summed E-state index contributed by atoms with van der Waals surface area (Å²) >= 11 is 0. The van der Waals surface area contributed by atoms with E-state index in [0.29, 0.717) is 11.4 Å². The summed E-state index contributed by atoms with van der Waals surface area (Å²) in [7, 11) is 0. The first kappa shape index (κ1) is 9.65. The summed E-state index contributed by atoms with van der Waals surface area (Å²) in [4.78, 5) is 0. The highest BCUT2D eigenvalue weighted by Crippen LogP contribution is 2.25. The second kappa shape index (κ2) is 3.79.